The third-order valence-electron chi connectivity index (χ3n) is 2.95. The minimum atomic E-state index is -0.477. The van der Waals surface area contributed by atoms with Crippen LogP contribution < -0.4 is 10.6 Å². The van der Waals surface area contributed by atoms with Crippen LogP contribution in [-0.4, -0.2) is 22.7 Å². The molecule has 1 aromatic heterocycles. The number of nitrogens with zero attached hydrogens (tertiary/aromatic N) is 1. The predicted molar refractivity (Wildman–Crippen MR) is 78.7 cm³/mol. The molecule has 20 heavy (non-hydrogen) atoms. The monoisotopic (exact) mass is 277 g/mol. The van der Waals surface area contributed by atoms with Gasteiger partial charge in [0.1, 0.15) is 11.4 Å². The third-order valence-corrected chi connectivity index (χ3v) is 2.95. The highest BCUT2D eigenvalue weighted by Crippen LogP contribution is 2.24. The van der Waals surface area contributed by atoms with Crippen molar-refractivity contribution in [2.75, 3.05) is 5.32 Å². The van der Waals surface area contributed by atoms with E-state index >= 15 is 0 Å². The largest absolute Gasteiger partial charge is 0.444 e. The van der Waals surface area contributed by atoms with E-state index in [0.717, 1.165) is 17.1 Å². The molecule has 5 nitrogen and oxygen atoms in total. The second kappa shape index (κ2) is 5.69. The Balaban J connectivity index is 1.87. The number of carbonyl (C=O) groups is 1. The van der Waals surface area contributed by atoms with Crippen LogP contribution in [0.5, 0.6) is 0 Å². The fraction of sp³-hybridized carbons (Fsp3) is 0.600. The van der Waals surface area contributed by atoms with Crippen molar-refractivity contribution < 1.29 is 9.53 Å². The Hall–Kier alpha value is -1.78. The summed E-state index contributed by atoms with van der Waals surface area (Å²) >= 11 is 0. The maximum atomic E-state index is 11.6. The van der Waals surface area contributed by atoms with Crippen LogP contribution in [0.15, 0.2) is 12.1 Å². The van der Waals surface area contributed by atoms with Gasteiger partial charge in [-0.2, -0.15) is 0 Å². The molecule has 1 aliphatic rings. The van der Waals surface area contributed by atoms with Gasteiger partial charge in [0.25, 0.3) is 0 Å². The van der Waals surface area contributed by atoms with Gasteiger partial charge in [0.05, 0.1) is 0 Å². The molecule has 1 heterocycles. The van der Waals surface area contributed by atoms with Gasteiger partial charge in [0.15, 0.2) is 0 Å². The van der Waals surface area contributed by atoms with E-state index in [1.54, 1.807) is 0 Å². The first-order valence-electron chi connectivity index (χ1n) is 7.03. The number of nitrogens with one attached hydrogen (secondary N) is 2. The lowest BCUT2D eigenvalue weighted by molar-refractivity contribution is 0.0523. The van der Waals surface area contributed by atoms with E-state index in [2.05, 4.69) is 15.6 Å². The Morgan fingerprint density at radius 3 is 2.65 bits per heavy atom. The van der Waals surface area contributed by atoms with E-state index in [9.17, 15) is 4.79 Å². The summed E-state index contributed by atoms with van der Waals surface area (Å²) in [5.41, 5.74) is 1.44. The van der Waals surface area contributed by atoms with Crippen LogP contribution in [-0.2, 0) is 11.3 Å². The third kappa shape index (κ3) is 4.72. The number of carbonyl (C=O) groups excluding carboxylic acids is 1. The summed E-state index contributed by atoms with van der Waals surface area (Å²) in [5.74, 6) is 0.908. The van der Waals surface area contributed by atoms with E-state index in [4.69, 9.17) is 4.74 Å². The van der Waals surface area contributed by atoms with Gasteiger partial charge in [-0.25, -0.2) is 9.78 Å². The molecule has 0 atom stereocenters. The number of rotatable bonds is 4. The van der Waals surface area contributed by atoms with Crippen LogP contribution in [0.1, 0.15) is 44.9 Å². The van der Waals surface area contributed by atoms with Gasteiger partial charge in [0, 0.05) is 18.3 Å². The van der Waals surface area contributed by atoms with E-state index < -0.39 is 11.7 Å². The minimum absolute atomic E-state index is 0.405. The number of ether oxygens (including phenoxy) is 1. The molecule has 0 aromatic carbocycles. The van der Waals surface area contributed by atoms with E-state index in [1.165, 1.54) is 12.8 Å². The summed E-state index contributed by atoms with van der Waals surface area (Å²) in [5, 5.41) is 6.10. The lowest BCUT2D eigenvalue weighted by Gasteiger charge is -2.20. The molecule has 0 saturated heterocycles. The SMILES string of the molecule is Cc1nc(NC2CC2)ccc1CNC(=O)OC(C)(C)C. The number of amides is 1. The Kier molecular flexibility index (Phi) is 4.16. The van der Waals surface area contributed by atoms with Crippen LogP contribution in [0.4, 0.5) is 10.6 Å². The average Bonchev–Trinajstić information content (AvgIpc) is 3.09. The molecule has 1 fully saturated rings. The van der Waals surface area contributed by atoms with Gasteiger partial charge in [-0.05, 0) is 52.2 Å². The number of aromatic nitrogens is 1. The van der Waals surface area contributed by atoms with Crippen molar-refractivity contribution in [3.63, 3.8) is 0 Å². The predicted octanol–water partition coefficient (Wildman–Crippen LogP) is 2.99. The maximum absolute atomic E-state index is 11.6. The van der Waals surface area contributed by atoms with Crippen LogP contribution >= 0.6 is 0 Å². The second-order valence-electron chi connectivity index (χ2n) is 6.22. The summed E-state index contributed by atoms with van der Waals surface area (Å²) in [6.07, 6.45) is 2.04. The van der Waals surface area contributed by atoms with Crippen molar-refractivity contribution in [2.45, 2.75) is 58.7 Å². The maximum Gasteiger partial charge on any atom is 0.407 e. The Bertz CT molecular complexity index is 490. The quantitative estimate of drug-likeness (QED) is 0.888. The fourth-order valence-corrected chi connectivity index (χ4v) is 1.78. The van der Waals surface area contributed by atoms with Crippen molar-refractivity contribution >= 4 is 11.9 Å². The second-order valence-corrected chi connectivity index (χ2v) is 6.22. The fourth-order valence-electron chi connectivity index (χ4n) is 1.78. The lowest BCUT2D eigenvalue weighted by atomic mass is 10.2. The van der Waals surface area contributed by atoms with Gasteiger partial charge >= 0.3 is 6.09 Å². The normalized spacial score (nSPS) is 14.8. The zero-order valence-corrected chi connectivity index (χ0v) is 12.6. The molecule has 2 rings (SSSR count). The number of alkyl carbamates (subject to hydrolysis) is 1. The van der Waals surface area contributed by atoms with Crippen molar-refractivity contribution in [1.82, 2.24) is 10.3 Å². The molecular formula is C15H23N3O2. The zero-order valence-electron chi connectivity index (χ0n) is 12.6. The van der Waals surface area contributed by atoms with E-state index in [0.29, 0.717) is 12.6 Å². The molecule has 0 aliphatic heterocycles. The van der Waals surface area contributed by atoms with Crippen molar-refractivity contribution in [3.05, 3.63) is 23.4 Å². The standard InChI is InChI=1S/C15H23N3O2/c1-10-11(9-16-14(19)20-15(2,3)4)5-8-13(17-10)18-12-6-7-12/h5,8,12H,6-7,9H2,1-4H3,(H,16,19)(H,17,18). The molecule has 110 valence electrons. The van der Waals surface area contributed by atoms with Gasteiger partial charge in [-0.1, -0.05) is 6.07 Å². The molecule has 1 aromatic rings. The summed E-state index contributed by atoms with van der Waals surface area (Å²) in [6.45, 7) is 7.91. The van der Waals surface area contributed by atoms with Crippen LogP contribution in [0.3, 0.4) is 0 Å². The van der Waals surface area contributed by atoms with Crippen LogP contribution in [0.25, 0.3) is 0 Å². The minimum Gasteiger partial charge on any atom is -0.444 e. The number of anilines is 1. The van der Waals surface area contributed by atoms with Crippen molar-refractivity contribution in [3.8, 4) is 0 Å². The highest BCUT2D eigenvalue weighted by Gasteiger charge is 2.21. The van der Waals surface area contributed by atoms with Crippen molar-refractivity contribution in [1.29, 1.82) is 0 Å². The highest BCUT2D eigenvalue weighted by atomic mass is 16.6. The topological polar surface area (TPSA) is 63.2 Å². The van der Waals surface area contributed by atoms with Gasteiger partial charge < -0.3 is 15.4 Å². The van der Waals surface area contributed by atoms with Crippen molar-refractivity contribution in [2.24, 2.45) is 0 Å². The molecular weight excluding hydrogens is 254 g/mol. The lowest BCUT2D eigenvalue weighted by Crippen LogP contribution is -2.32. The smallest absolute Gasteiger partial charge is 0.407 e. The first-order valence-corrected chi connectivity index (χ1v) is 7.03. The molecule has 0 bridgehead atoms. The Labute approximate surface area is 120 Å². The number of hydrogen-bond acceptors (Lipinski definition) is 4. The summed E-state index contributed by atoms with van der Waals surface area (Å²) in [6, 6.07) is 4.54. The number of hydrogen-bond donors (Lipinski definition) is 2. The van der Waals surface area contributed by atoms with E-state index in [-0.39, 0.29) is 0 Å². The van der Waals surface area contributed by atoms with Crippen LogP contribution in [0.2, 0.25) is 0 Å². The summed E-state index contributed by atoms with van der Waals surface area (Å²) in [4.78, 5) is 16.1. The summed E-state index contributed by atoms with van der Waals surface area (Å²) < 4.78 is 5.20. The molecule has 0 unspecified atom stereocenters. The van der Waals surface area contributed by atoms with Gasteiger partial charge in [0.2, 0.25) is 0 Å². The van der Waals surface area contributed by atoms with Gasteiger partial charge in [-0.3, -0.25) is 0 Å². The molecule has 1 aliphatic carbocycles. The molecule has 5 heteroatoms. The molecule has 2 N–H and O–H groups in total. The molecule has 1 amide bonds. The molecule has 0 radical (unpaired) electrons. The van der Waals surface area contributed by atoms with Crippen LogP contribution in [0, 0.1) is 6.92 Å². The first kappa shape index (κ1) is 14.6. The number of pyridine rings is 1. The zero-order chi connectivity index (χ0) is 14.8. The highest BCUT2D eigenvalue weighted by molar-refractivity contribution is 5.67. The molecule has 1 saturated carbocycles. The summed E-state index contributed by atoms with van der Waals surface area (Å²) in [7, 11) is 0. The van der Waals surface area contributed by atoms with Gasteiger partial charge in [-0.15, -0.1) is 0 Å². The Morgan fingerprint density at radius 1 is 1.40 bits per heavy atom. The number of aryl methyl sites for hydroxylation is 1. The Morgan fingerprint density at radius 2 is 2.10 bits per heavy atom. The molecule has 0 spiro atoms. The van der Waals surface area contributed by atoms with E-state index in [1.807, 2.05) is 39.8 Å². The first-order chi connectivity index (χ1) is 9.33. The average molecular weight is 277 g/mol.